The third-order valence-corrected chi connectivity index (χ3v) is 4.89. The second-order valence-corrected chi connectivity index (χ2v) is 6.79. The van der Waals surface area contributed by atoms with Crippen LogP contribution in [0.1, 0.15) is 11.1 Å². The van der Waals surface area contributed by atoms with Gasteiger partial charge in [0.2, 0.25) is 11.8 Å². The van der Waals surface area contributed by atoms with Crippen LogP contribution in [0.2, 0.25) is 0 Å². The molecule has 1 aliphatic heterocycles. The van der Waals surface area contributed by atoms with Crippen molar-refractivity contribution in [1.82, 2.24) is 29.4 Å². The Morgan fingerprint density at radius 2 is 2.10 bits per heavy atom. The van der Waals surface area contributed by atoms with Crippen LogP contribution in [0.5, 0.6) is 5.75 Å². The second kappa shape index (κ2) is 6.04. The van der Waals surface area contributed by atoms with Crippen molar-refractivity contribution in [3.05, 3.63) is 53.9 Å². The molecule has 0 spiro atoms. The number of aryl methyl sites for hydroxylation is 2. The summed E-state index contributed by atoms with van der Waals surface area (Å²) >= 11 is 0. The molecule has 6 rings (SSSR count). The Morgan fingerprint density at radius 1 is 1.14 bits per heavy atom. The largest absolute Gasteiger partial charge is 0.461 e. The molecule has 1 aliphatic rings. The minimum atomic E-state index is 0.221. The van der Waals surface area contributed by atoms with Gasteiger partial charge in [-0.2, -0.15) is 19.5 Å². The molecule has 0 bridgehead atoms. The Balaban J connectivity index is 1.34. The average molecular weight is 389 g/mol. The standard InChI is InChI=1S/C19H15N7O3/c20-19-22-16-13(18-21-17(24-26(18)19)14-2-1-7-27-14)9-25(23-16)6-5-11-3-4-12-10-28-29-15(12)8-11/h1-4,7-9H,5-6,10H2,(H2,20,22,23). The van der Waals surface area contributed by atoms with E-state index in [2.05, 4.69) is 26.2 Å². The number of nitrogens with zero attached hydrogens (tertiary/aromatic N) is 6. The number of hydrogen-bond donors (Lipinski definition) is 1. The summed E-state index contributed by atoms with van der Waals surface area (Å²) in [6.45, 7) is 1.16. The molecule has 0 unspecified atom stereocenters. The monoisotopic (exact) mass is 389 g/mol. The summed E-state index contributed by atoms with van der Waals surface area (Å²) in [5.74, 6) is 2.01. The van der Waals surface area contributed by atoms with Gasteiger partial charge in [0, 0.05) is 18.3 Å². The fraction of sp³-hybridized carbons (Fsp3) is 0.158. The van der Waals surface area contributed by atoms with Gasteiger partial charge in [-0.15, -0.1) is 5.10 Å². The van der Waals surface area contributed by atoms with E-state index in [4.69, 9.17) is 19.9 Å². The number of benzene rings is 1. The highest BCUT2D eigenvalue weighted by Gasteiger charge is 2.17. The fourth-order valence-corrected chi connectivity index (χ4v) is 3.43. The van der Waals surface area contributed by atoms with Gasteiger partial charge in [-0.3, -0.25) is 4.68 Å². The zero-order valence-electron chi connectivity index (χ0n) is 15.1. The third kappa shape index (κ3) is 2.61. The molecule has 0 amide bonds. The van der Waals surface area contributed by atoms with Crippen molar-refractivity contribution >= 4 is 22.6 Å². The Morgan fingerprint density at radius 3 is 3.00 bits per heavy atom. The molecule has 144 valence electrons. The topological polar surface area (TPSA) is 119 Å². The van der Waals surface area contributed by atoms with E-state index in [9.17, 15) is 0 Å². The molecular formula is C19H15N7O3. The van der Waals surface area contributed by atoms with Crippen molar-refractivity contribution in [2.24, 2.45) is 0 Å². The molecule has 0 saturated heterocycles. The number of hydrogen-bond acceptors (Lipinski definition) is 8. The summed E-state index contributed by atoms with van der Waals surface area (Å²) in [5.41, 5.74) is 9.37. The Labute approximate surface area is 163 Å². The van der Waals surface area contributed by atoms with Gasteiger partial charge in [0.1, 0.15) is 6.61 Å². The molecule has 1 aromatic carbocycles. The Hall–Kier alpha value is -3.92. The van der Waals surface area contributed by atoms with Gasteiger partial charge in [0.25, 0.3) is 0 Å². The number of furan rings is 1. The highest BCUT2D eigenvalue weighted by atomic mass is 17.2. The lowest BCUT2D eigenvalue weighted by atomic mass is 10.1. The zero-order chi connectivity index (χ0) is 19.4. The highest BCUT2D eigenvalue weighted by Crippen LogP contribution is 2.27. The van der Waals surface area contributed by atoms with Crippen molar-refractivity contribution in [2.45, 2.75) is 19.6 Å². The number of aromatic nitrogens is 6. The van der Waals surface area contributed by atoms with E-state index in [1.54, 1.807) is 18.4 Å². The first-order valence-corrected chi connectivity index (χ1v) is 9.09. The Bertz CT molecular complexity index is 1350. The smallest absolute Gasteiger partial charge is 0.225 e. The number of nitrogens with two attached hydrogens (primary N) is 1. The number of fused-ring (bicyclic) bond motifs is 4. The van der Waals surface area contributed by atoms with E-state index in [1.165, 1.54) is 4.52 Å². The van der Waals surface area contributed by atoms with E-state index < -0.39 is 0 Å². The summed E-state index contributed by atoms with van der Waals surface area (Å²) in [4.78, 5) is 19.1. The first kappa shape index (κ1) is 16.1. The third-order valence-electron chi connectivity index (χ3n) is 4.89. The molecule has 0 fully saturated rings. The van der Waals surface area contributed by atoms with E-state index >= 15 is 0 Å². The van der Waals surface area contributed by atoms with Crippen LogP contribution in [0.3, 0.4) is 0 Å². The molecule has 0 saturated carbocycles. The number of nitrogen functional groups attached to an aromatic ring is 1. The number of rotatable bonds is 4. The van der Waals surface area contributed by atoms with Crippen LogP contribution in [0.25, 0.3) is 28.3 Å². The van der Waals surface area contributed by atoms with Crippen LogP contribution in [-0.2, 0) is 24.5 Å². The molecule has 10 nitrogen and oxygen atoms in total. The molecule has 10 heteroatoms. The van der Waals surface area contributed by atoms with Gasteiger partial charge in [-0.25, -0.2) is 4.98 Å². The highest BCUT2D eigenvalue weighted by molar-refractivity contribution is 5.90. The van der Waals surface area contributed by atoms with Crippen LogP contribution < -0.4 is 10.6 Å². The molecule has 5 aromatic rings. The van der Waals surface area contributed by atoms with Crippen molar-refractivity contribution < 1.29 is 14.2 Å². The van der Waals surface area contributed by atoms with Gasteiger partial charge < -0.3 is 15.0 Å². The summed E-state index contributed by atoms with van der Waals surface area (Å²) in [6, 6.07) is 9.67. The Kier molecular flexibility index (Phi) is 3.35. The van der Waals surface area contributed by atoms with Crippen molar-refractivity contribution in [3.63, 3.8) is 0 Å². The fourth-order valence-electron chi connectivity index (χ4n) is 3.43. The van der Waals surface area contributed by atoms with Crippen molar-refractivity contribution in [2.75, 3.05) is 5.73 Å². The number of anilines is 1. The summed E-state index contributed by atoms with van der Waals surface area (Å²) in [6.07, 6.45) is 4.26. The molecular weight excluding hydrogens is 374 g/mol. The molecule has 0 aliphatic carbocycles. The lowest BCUT2D eigenvalue weighted by molar-refractivity contribution is -0.194. The van der Waals surface area contributed by atoms with Crippen molar-refractivity contribution in [1.29, 1.82) is 0 Å². The van der Waals surface area contributed by atoms with Gasteiger partial charge in [-0.05, 0) is 30.2 Å². The minimum Gasteiger partial charge on any atom is -0.461 e. The molecule has 2 N–H and O–H groups in total. The van der Waals surface area contributed by atoms with Crippen LogP contribution in [0.15, 0.2) is 47.2 Å². The van der Waals surface area contributed by atoms with Gasteiger partial charge in [-0.1, -0.05) is 12.1 Å². The van der Waals surface area contributed by atoms with Crippen LogP contribution in [-0.4, -0.2) is 29.4 Å². The lowest BCUT2D eigenvalue weighted by Crippen LogP contribution is -2.03. The van der Waals surface area contributed by atoms with Gasteiger partial charge in [0.15, 0.2) is 22.8 Å². The predicted molar refractivity (Wildman–Crippen MR) is 102 cm³/mol. The second-order valence-electron chi connectivity index (χ2n) is 6.79. The molecule has 0 atom stereocenters. The maximum Gasteiger partial charge on any atom is 0.225 e. The molecule has 4 aromatic heterocycles. The SMILES string of the molecule is Nc1nc2nn(CCc3ccc4c(c3)OOC4)cc2c2nc(-c3ccco3)nn12. The minimum absolute atomic E-state index is 0.221. The molecule has 29 heavy (non-hydrogen) atoms. The zero-order valence-corrected chi connectivity index (χ0v) is 15.1. The molecule has 5 heterocycles. The van der Waals surface area contributed by atoms with Crippen LogP contribution >= 0.6 is 0 Å². The first-order valence-electron chi connectivity index (χ1n) is 9.09. The average Bonchev–Trinajstić information content (AvgIpc) is 3.51. The summed E-state index contributed by atoms with van der Waals surface area (Å²) < 4.78 is 8.73. The van der Waals surface area contributed by atoms with Crippen LogP contribution in [0, 0.1) is 0 Å². The molecule has 0 radical (unpaired) electrons. The summed E-state index contributed by atoms with van der Waals surface area (Å²) in [7, 11) is 0. The van der Waals surface area contributed by atoms with E-state index in [0.29, 0.717) is 36.0 Å². The van der Waals surface area contributed by atoms with E-state index in [0.717, 1.165) is 28.7 Å². The summed E-state index contributed by atoms with van der Waals surface area (Å²) in [5, 5.41) is 9.72. The van der Waals surface area contributed by atoms with Gasteiger partial charge in [0.05, 0.1) is 11.6 Å². The van der Waals surface area contributed by atoms with Crippen molar-refractivity contribution in [3.8, 4) is 17.3 Å². The maximum absolute atomic E-state index is 6.06. The van der Waals surface area contributed by atoms with Crippen LogP contribution in [0.4, 0.5) is 5.95 Å². The normalized spacial score (nSPS) is 13.2. The first-order chi connectivity index (χ1) is 14.2. The van der Waals surface area contributed by atoms with E-state index in [1.807, 2.05) is 23.0 Å². The van der Waals surface area contributed by atoms with E-state index in [-0.39, 0.29) is 5.95 Å². The van der Waals surface area contributed by atoms with Gasteiger partial charge >= 0.3 is 0 Å². The quantitative estimate of drug-likeness (QED) is 0.466. The predicted octanol–water partition coefficient (Wildman–Crippen LogP) is 2.38. The maximum atomic E-state index is 6.06. The lowest BCUT2D eigenvalue weighted by Gasteiger charge is -2.03.